The normalized spacial score (nSPS) is 9.38. The lowest BCUT2D eigenvalue weighted by molar-refractivity contribution is -0.123. The molecule has 0 fully saturated rings. The van der Waals surface area contributed by atoms with E-state index in [1.165, 1.54) is 0 Å². The van der Waals surface area contributed by atoms with E-state index in [0.717, 1.165) is 6.42 Å². The summed E-state index contributed by atoms with van der Waals surface area (Å²) in [7, 11) is 0. The molecule has 2 amide bonds. The van der Waals surface area contributed by atoms with E-state index in [4.69, 9.17) is 0 Å². The number of hydrazine groups is 1. The quantitative estimate of drug-likeness (QED) is 0.493. The molecule has 5 heteroatoms. The molecule has 0 atom stereocenters. The molecule has 76 valence electrons. The van der Waals surface area contributed by atoms with Crippen LogP contribution in [0.1, 0.15) is 26.7 Å². The van der Waals surface area contributed by atoms with Gasteiger partial charge in [-0.1, -0.05) is 13.8 Å². The summed E-state index contributed by atoms with van der Waals surface area (Å²) in [4.78, 5) is 21.6. The number of hydrogen-bond donors (Lipinski definition) is 3. The SMILES string of the molecule is CCCNC(=O)CNNC(=O)CC. The Bertz CT molecular complexity index is 171. The Hall–Kier alpha value is -1.10. The van der Waals surface area contributed by atoms with Crippen molar-refractivity contribution in [2.45, 2.75) is 26.7 Å². The van der Waals surface area contributed by atoms with Crippen LogP contribution in [0.4, 0.5) is 0 Å². The summed E-state index contributed by atoms with van der Waals surface area (Å²) in [6, 6.07) is 0. The molecule has 0 aliphatic heterocycles. The van der Waals surface area contributed by atoms with Crippen LogP contribution in [0.2, 0.25) is 0 Å². The van der Waals surface area contributed by atoms with Crippen LogP contribution in [-0.4, -0.2) is 24.9 Å². The van der Waals surface area contributed by atoms with Crippen LogP contribution in [0.5, 0.6) is 0 Å². The van der Waals surface area contributed by atoms with Gasteiger partial charge in [0.1, 0.15) is 0 Å². The highest BCUT2D eigenvalue weighted by molar-refractivity contribution is 5.79. The van der Waals surface area contributed by atoms with Crippen molar-refractivity contribution in [1.29, 1.82) is 0 Å². The predicted molar refractivity (Wildman–Crippen MR) is 49.7 cm³/mol. The first-order chi connectivity index (χ1) is 6.20. The van der Waals surface area contributed by atoms with Crippen molar-refractivity contribution in [3.63, 3.8) is 0 Å². The van der Waals surface area contributed by atoms with Crippen molar-refractivity contribution in [2.24, 2.45) is 0 Å². The third-order valence-electron chi connectivity index (χ3n) is 1.37. The first-order valence-electron chi connectivity index (χ1n) is 4.49. The van der Waals surface area contributed by atoms with E-state index in [2.05, 4.69) is 16.2 Å². The van der Waals surface area contributed by atoms with E-state index in [1.807, 2.05) is 6.92 Å². The third kappa shape index (κ3) is 7.27. The molecule has 0 aliphatic carbocycles. The van der Waals surface area contributed by atoms with Crippen molar-refractivity contribution >= 4 is 11.8 Å². The predicted octanol–water partition coefficient (Wildman–Crippen LogP) is -0.457. The second-order valence-electron chi connectivity index (χ2n) is 2.61. The number of carbonyl (C=O) groups excluding carboxylic acids is 2. The second-order valence-corrected chi connectivity index (χ2v) is 2.61. The lowest BCUT2D eigenvalue weighted by atomic mass is 10.4. The van der Waals surface area contributed by atoms with Gasteiger partial charge >= 0.3 is 0 Å². The number of amides is 2. The first-order valence-corrected chi connectivity index (χ1v) is 4.49. The molecule has 0 aromatic rings. The van der Waals surface area contributed by atoms with Crippen LogP contribution in [-0.2, 0) is 9.59 Å². The molecule has 0 saturated heterocycles. The number of carbonyl (C=O) groups is 2. The molecule has 0 aliphatic rings. The maximum absolute atomic E-state index is 10.9. The molecule has 0 rings (SSSR count). The maximum Gasteiger partial charge on any atom is 0.235 e. The number of rotatable bonds is 6. The van der Waals surface area contributed by atoms with E-state index < -0.39 is 0 Å². The highest BCUT2D eigenvalue weighted by Gasteiger charge is 1.99. The number of nitrogens with one attached hydrogen (secondary N) is 3. The first kappa shape index (κ1) is 11.9. The van der Waals surface area contributed by atoms with E-state index in [-0.39, 0.29) is 18.4 Å². The monoisotopic (exact) mass is 187 g/mol. The maximum atomic E-state index is 10.9. The zero-order chi connectivity index (χ0) is 10.1. The molecule has 0 heterocycles. The van der Waals surface area contributed by atoms with Crippen molar-refractivity contribution in [1.82, 2.24) is 16.2 Å². The van der Waals surface area contributed by atoms with E-state index >= 15 is 0 Å². The highest BCUT2D eigenvalue weighted by atomic mass is 16.2. The molecule has 13 heavy (non-hydrogen) atoms. The summed E-state index contributed by atoms with van der Waals surface area (Å²) in [5.74, 6) is -0.235. The zero-order valence-electron chi connectivity index (χ0n) is 8.14. The van der Waals surface area contributed by atoms with Crippen molar-refractivity contribution in [3.05, 3.63) is 0 Å². The van der Waals surface area contributed by atoms with Gasteiger partial charge in [0.25, 0.3) is 0 Å². The summed E-state index contributed by atoms with van der Waals surface area (Å²) in [6.45, 7) is 4.51. The fourth-order valence-electron chi connectivity index (χ4n) is 0.638. The van der Waals surface area contributed by atoms with Gasteiger partial charge in [0, 0.05) is 13.0 Å². The van der Waals surface area contributed by atoms with Gasteiger partial charge < -0.3 is 5.32 Å². The molecule has 0 bridgehead atoms. The second kappa shape index (κ2) is 7.54. The Morgan fingerprint density at radius 3 is 2.38 bits per heavy atom. The summed E-state index contributed by atoms with van der Waals surface area (Å²) < 4.78 is 0. The average molecular weight is 187 g/mol. The van der Waals surface area contributed by atoms with Gasteiger partial charge in [-0.25, -0.2) is 5.43 Å². The van der Waals surface area contributed by atoms with Gasteiger partial charge in [0.05, 0.1) is 6.54 Å². The van der Waals surface area contributed by atoms with E-state index in [1.54, 1.807) is 6.92 Å². The van der Waals surface area contributed by atoms with Crippen LogP contribution in [0.3, 0.4) is 0 Å². The summed E-state index contributed by atoms with van der Waals surface area (Å²) in [6.07, 6.45) is 1.32. The standard InChI is InChI=1S/C8H17N3O2/c1-3-5-9-8(13)6-10-11-7(12)4-2/h10H,3-6H2,1-2H3,(H,9,13)(H,11,12). The van der Waals surface area contributed by atoms with E-state index in [9.17, 15) is 9.59 Å². The fourth-order valence-corrected chi connectivity index (χ4v) is 0.638. The van der Waals surface area contributed by atoms with Crippen molar-refractivity contribution in [2.75, 3.05) is 13.1 Å². The Morgan fingerprint density at radius 2 is 1.85 bits per heavy atom. The van der Waals surface area contributed by atoms with Gasteiger partial charge in [-0.2, -0.15) is 0 Å². The summed E-state index contributed by atoms with van der Waals surface area (Å²) in [5, 5.41) is 2.67. The Kier molecular flexibility index (Phi) is 6.91. The van der Waals surface area contributed by atoms with Gasteiger partial charge in [-0.05, 0) is 6.42 Å². The Morgan fingerprint density at radius 1 is 1.15 bits per heavy atom. The third-order valence-corrected chi connectivity index (χ3v) is 1.37. The van der Waals surface area contributed by atoms with Crippen LogP contribution < -0.4 is 16.2 Å². The van der Waals surface area contributed by atoms with Gasteiger partial charge in [-0.3, -0.25) is 15.0 Å². The number of hydrogen-bond acceptors (Lipinski definition) is 3. The largest absolute Gasteiger partial charge is 0.355 e. The molecule has 0 aromatic heterocycles. The van der Waals surface area contributed by atoms with Crippen molar-refractivity contribution < 1.29 is 9.59 Å². The minimum atomic E-state index is -0.122. The molecule has 0 saturated carbocycles. The molecule has 0 radical (unpaired) electrons. The smallest absolute Gasteiger partial charge is 0.235 e. The van der Waals surface area contributed by atoms with Crippen LogP contribution >= 0.6 is 0 Å². The minimum Gasteiger partial charge on any atom is -0.355 e. The lowest BCUT2D eigenvalue weighted by Crippen LogP contribution is -2.43. The van der Waals surface area contributed by atoms with Crippen molar-refractivity contribution in [3.8, 4) is 0 Å². The minimum absolute atomic E-state index is 0.113. The van der Waals surface area contributed by atoms with E-state index in [0.29, 0.717) is 13.0 Å². The molecule has 5 nitrogen and oxygen atoms in total. The fraction of sp³-hybridized carbons (Fsp3) is 0.750. The Balaban J connectivity index is 3.31. The zero-order valence-corrected chi connectivity index (χ0v) is 8.14. The molecular formula is C8H17N3O2. The van der Waals surface area contributed by atoms with Gasteiger partial charge in [0.15, 0.2) is 0 Å². The topological polar surface area (TPSA) is 70.2 Å². The molecule has 3 N–H and O–H groups in total. The average Bonchev–Trinajstić information content (AvgIpc) is 2.14. The Labute approximate surface area is 78.2 Å². The molecule has 0 spiro atoms. The van der Waals surface area contributed by atoms with Crippen LogP contribution in [0.15, 0.2) is 0 Å². The highest BCUT2D eigenvalue weighted by Crippen LogP contribution is 1.72. The molecule has 0 unspecified atom stereocenters. The lowest BCUT2D eigenvalue weighted by Gasteiger charge is -2.05. The van der Waals surface area contributed by atoms with Crippen LogP contribution in [0.25, 0.3) is 0 Å². The summed E-state index contributed by atoms with van der Waals surface area (Å²) in [5.41, 5.74) is 4.92. The molecular weight excluding hydrogens is 170 g/mol. The van der Waals surface area contributed by atoms with Gasteiger partial charge in [-0.15, -0.1) is 0 Å². The summed E-state index contributed by atoms with van der Waals surface area (Å²) >= 11 is 0. The van der Waals surface area contributed by atoms with Crippen LogP contribution in [0, 0.1) is 0 Å². The molecule has 0 aromatic carbocycles. The van der Waals surface area contributed by atoms with Gasteiger partial charge in [0.2, 0.25) is 11.8 Å².